The molecule has 19 heavy (non-hydrogen) atoms. The molecule has 0 spiro atoms. The fourth-order valence-corrected chi connectivity index (χ4v) is 2.63. The van der Waals surface area contributed by atoms with E-state index in [2.05, 4.69) is 9.97 Å². The SMILES string of the molecule is CCOC(=O)c1cnc(C2CCCCCC2)nc1C. The molecular formula is C15H22N2O2. The molecule has 104 valence electrons. The Balaban J connectivity index is 2.15. The van der Waals surface area contributed by atoms with E-state index < -0.39 is 0 Å². The van der Waals surface area contributed by atoms with E-state index in [0.29, 0.717) is 18.1 Å². The second-order valence-electron chi connectivity index (χ2n) is 5.14. The lowest BCUT2D eigenvalue weighted by Gasteiger charge is -2.13. The highest BCUT2D eigenvalue weighted by Crippen LogP contribution is 2.29. The fraction of sp³-hybridized carbons (Fsp3) is 0.667. The highest BCUT2D eigenvalue weighted by molar-refractivity contribution is 5.90. The van der Waals surface area contributed by atoms with Crippen LogP contribution in [0.2, 0.25) is 0 Å². The first-order valence-electron chi connectivity index (χ1n) is 7.23. The number of aryl methyl sites for hydroxylation is 1. The van der Waals surface area contributed by atoms with Gasteiger partial charge in [0.1, 0.15) is 5.82 Å². The normalized spacial score (nSPS) is 16.9. The lowest BCUT2D eigenvalue weighted by molar-refractivity contribution is 0.0524. The number of aromatic nitrogens is 2. The smallest absolute Gasteiger partial charge is 0.341 e. The van der Waals surface area contributed by atoms with E-state index >= 15 is 0 Å². The van der Waals surface area contributed by atoms with E-state index in [1.807, 2.05) is 6.92 Å². The molecule has 0 unspecified atom stereocenters. The van der Waals surface area contributed by atoms with Crippen LogP contribution in [0.15, 0.2) is 6.20 Å². The summed E-state index contributed by atoms with van der Waals surface area (Å²) in [4.78, 5) is 20.6. The van der Waals surface area contributed by atoms with Crippen LogP contribution in [0.4, 0.5) is 0 Å². The zero-order chi connectivity index (χ0) is 13.7. The lowest BCUT2D eigenvalue weighted by Crippen LogP contribution is -2.12. The third-order valence-corrected chi connectivity index (χ3v) is 3.71. The van der Waals surface area contributed by atoms with Gasteiger partial charge in [-0.05, 0) is 26.7 Å². The second kappa shape index (κ2) is 6.64. The Hall–Kier alpha value is -1.45. The number of hydrogen-bond acceptors (Lipinski definition) is 4. The van der Waals surface area contributed by atoms with Gasteiger partial charge >= 0.3 is 5.97 Å². The van der Waals surface area contributed by atoms with Crippen molar-refractivity contribution in [3.8, 4) is 0 Å². The van der Waals surface area contributed by atoms with Crippen molar-refractivity contribution >= 4 is 5.97 Å². The van der Waals surface area contributed by atoms with Gasteiger partial charge in [0.05, 0.1) is 17.9 Å². The second-order valence-corrected chi connectivity index (χ2v) is 5.14. The predicted octanol–water partition coefficient (Wildman–Crippen LogP) is 3.40. The number of esters is 1. The minimum atomic E-state index is -0.326. The molecule has 1 saturated carbocycles. The molecule has 1 aliphatic rings. The number of nitrogens with zero attached hydrogens (tertiary/aromatic N) is 2. The van der Waals surface area contributed by atoms with Crippen molar-refractivity contribution in [2.75, 3.05) is 6.61 Å². The van der Waals surface area contributed by atoms with E-state index in [9.17, 15) is 4.79 Å². The summed E-state index contributed by atoms with van der Waals surface area (Å²) in [5.74, 6) is 1.03. The summed E-state index contributed by atoms with van der Waals surface area (Å²) in [5, 5.41) is 0. The highest BCUT2D eigenvalue weighted by atomic mass is 16.5. The first-order chi connectivity index (χ1) is 9.22. The van der Waals surface area contributed by atoms with Crippen LogP contribution >= 0.6 is 0 Å². The van der Waals surface area contributed by atoms with Gasteiger partial charge in [-0.1, -0.05) is 25.7 Å². The van der Waals surface area contributed by atoms with Crippen LogP contribution < -0.4 is 0 Å². The predicted molar refractivity (Wildman–Crippen MR) is 73.2 cm³/mol. The third kappa shape index (κ3) is 3.52. The minimum absolute atomic E-state index is 0.326. The minimum Gasteiger partial charge on any atom is -0.462 e. The molecular weight excluding hydrogens is 240 g/mol. The van der Waals surface area contributed by atoms with Crippen molar-refractivity contribution < 1.29 is 9.53 Å². The van der Waals surface area contributed by atoms with E-state index in [0.717, 1.165) is 24.4 Å². The third-order valence-electron chi connectivity index (χ3n) is 3.71. The van der Waals surface area contributed by atoms with Gasteiger partial charge in [-0.3, -0.25) is 0 Å². The summed E-state index contributed by atoms with van der Waals surface area (Å²) in [5.41, 5.74) is 1.21. The Bertz CT molecular complexity index is 438. The average Bonchev–Trinajstić information content (AvgIpc) is 2.67. The van der Waals surface area contributed by atoms with Crippen LogP contribution in [0.1, 0.15) is 73.2 Å². The summed E-state index contributed by atoms with van der Waals surface area (Å²) >= 11 is 0. The Morgan fingerprint density at radius 2 is 2.00 bits per heavy atom. The van der Waals surface area contributed by atoms with Crippen molar-refractivity contribution in [1.29, 1.82) is 0 Å². The van der Waals surface area contributed by atoms with E-state index in [4.69, 9.17) is 4.74 Å². The van der Waals surface area contributed by atoms with Gasteiger partial charge in [0.15, 0.2) is 0 Å². The zero-order valence-corrected chi connectivity index (χ0v) is 11.8. The monoisotopic (exact) mass is 262 g/mol. The largest absolute Gasteiger partial charge is 0.462 e. The zero-order valence-electron chi connectivity index (χ0n) is 11.8. The van der Waals surface area contributed by atoms with Gasteiger partial charge in [-0.2, -0.15) is 0 Å². The fourth-order valence-electron chi connectivity index (χ4n) is 2.63. The van der Waals surface area contributed by atoms with Gasteiger partial charge in [-0.25, -0.2) is 14.8 Å². The van der Waals surface area contributed by atoms with Crippen molar-refractivity contribution in [2.45, 2.75) is 58.3 Å². The Kier molecular flexibility index (Phi) is 4.88. The van der Waals surface area contributed by atoms with E-state index in [-0.39, 0.29) is 5.97 Å². The number of carbonyl (C=O) groups excluding carboxylic acids is 1. The summed E-state index contributed by atoms with van der Waals surface area (Å²) in [7, 11) is 0. The van der Waals surface area contributed by atoms with Gasteiger partial charge < -0.3 is 4.74 Å². The molecule has 1 heterocycles. The van der Waals surface area contributed by atoms with Crippen LogP contribution in [-0.4, -0.2) is 22.5 Å². The molecule has 1 fully saturated rings. The van der Waals surface area contributed by atoms with Crippen LogP contribution in [-0.2, 0) is 4.74 Å². The molecule has 0 atom stereocenters. The van der Waals surface area contributed by atoms with Gasteiger partial charge in [0.2, 0.25) is 0 Å². The number of ether oxygens (including phenoxy) is 1. The molecule has 0 saturated heterocycles. The maximum atomic E-state index is 11.7. The Labute approximate surface area is 114 Å². The standard InChI is InChI=1S/C15H22N2O2/c1-3-19-15(18)13-10-16-14(17-11(13)2)12-8-6-4-5-7-9-12/h10,12H,3-9H2,1-2H3. The molecule has 4 heteroatoms. The molecule has 0 N–H and O–H groups in total. The van der Waals surface area contributed by atoms with Crippen molar-refractivity contribution in [2.24, 2.45) is 0 Å². The number of rotatable bonds is 3. The summed E-state index contributed by atoms with van der Waals surface area (Å²) in [6.45, 7) is 4.03. The van der Waals surface area contributed by atoms with Crippen LogP contribution in [0, 0.1) is 6.92 Å². The van der Waals surface area contributed by atoms with Crippen LogP contribution in [0.5, 0.6) is 0 Å². The average molecular weight is 262 g/mol. The first-order valence-corrected chi connectivity index (χ1v) is 7.23. The van der Waals surface area contributed by atoms with Gasteiger partial charge in [0, 0.05) is 12.1 Å². The van der Waals surface area contributed by atoms with E-state index in [1.165, 1.54) is 25.7 Å². The number of hydrogen-bond donors (Lipinski definition) is 0. The van der Waals surface area contributed by atoms with E-state index in [1.54, 1.807) is 13.1 Å². The quantitative estimate of drug-likeness (QED) is 0.619. The highest BCUT2D eigenvalue weighted by Gasteiger charge is 2.19. The van der Waals surface area contributed by atoms with Crippen LogP contribution in [0.3, 0.4) is 0 Å². The molecule has 4 nitrogen and oxygen atoms in total. The number of carbonyl (C=O) groups is 1. The van der Waals surface area contributed by atoms with Crippen molar-refractivity contribution in [3.05, 3.63) is 23.3 Å². The molecule has 0 radical (unpaired) electrons. The summed E-state index contributed by atoms with van der Waals surface area (Å²) < 4.78 is 5.00. The van der Waals surface area contributed by atoms with Gasteiger partial charge in [-0.15, -0.1) is 0 Å². The molecule has 1 aromatic heterocycles. The van der Waals surface area contributed by atoms with Crippen molar-refractivity contribution in [1.82, 2.24) is 9.97 Å². The summed E-state index contributed by atoms with van der Waals surface area (Å²) in [6, 6.07) is 0. The maximum absolute atomic E-state index is 11.7. The molecule has 0 amide bonds. The van der Waals surface area contributed by atoms with Crippen LogP contribution in [0.25, 0.3) is 0 Å². The topological polar surface area (TPSA) is 52.1 Å². The molecule has 0 aromatic carbocycles. The molecule has 1 aliphatic carbocycles. The first kappa shape index (κ1) is 14.0. The van der Waals surface area contributed by atoms with Gasteiger partial charge in [0.25, 0.3) is 0 Å². The lowest BCUT2D eigenvalue weighted by atomic mass is 9.99. The molecule has 0 aliphatic heterocycles. The molecule has 0 bridgehead atoms. The summed E-state index contributed by atoms with van der Waals surface area (Å²) in [6.07, 6.45) is 9.10. The maximum Gasteiger partial charge on any atom is 0.341 e. The Morgan fingerprint density at radius 3 is 2.58 bits per heavy atom. The Morgan fingerprint density at radius 1 is 1.32 bits per heavy atom. The molecule has 1 aromatic rings. The van der Waals surface area contributed by atoms with Crippen molar-refractivity contribution in [3.63, 3.8) is 0 Å². The molecule has 2 rings (SSSR count).